The lowest BCUT2D eigenvalue weighted by atomic mass is 9.98. The fourth-order valence-electron chi connectivity index (χ4n) is 2.84. The third-order valence-corrected chi connectivity index (χ3v) is 3.89. The summed E-state index contributed by atoms with van der Waals surface area (Å²) >= 11 is 0. The fourth-order valence-corrected chi connectivity index (χ4v) is 2.84. The third kappa shape index (κ3) is 6.81. The summed E-state index contributed by atoms with van der Waals surface area (Å²) in [5.41, 5.74) is 0. The quantitative estimate of drug-likeness (QED) is 0.427. The molecule has 0 spiro atoms. The zero-order chi connectivity index (χ0) is 23.1. The SMILES string of the molecule is CC(=O)OC[C@H]1O[C@@H](OC(=O)c2ccco2)[C@@H](OC(C)=O)[C@@H](OC(C)=O)[C@H]1OC(C)=O. The van der Waals surface area contributed by atoms with Gasteiger partial charge in [0.15, 0.2) is 12.2 Å². The van der Waals surface area contributed by atoms with Gasteiger partial charge < -0.3 is 32.8 Å². The van der Waals surface area contributed by atoms with Crippen molar-refractivity contribution in [2.45, 2.75) is 58.4 Å². The molecule has 1 saturated heterocycles. The molecule has 0 radical (unpaired) electrons. The van der Waals surface area contributed by atoms with Gasteiger partial charge in [-0.2, -0.15) is 0 Å². The molecule has 0 aliphatic carbocycles. The summed E-state index contributed by atoms with van der Waals surface area (Å²) in [6.45, 7) is 3.95. The van der Waals surface area contributed by atoms with E-state index in [1.54, 1.807) is 0 Å². The lowest BCUT2D eigenvalue weighted by Gasteiger charge is -2.43. The highest BCUT2D eigenvalue weighted by Gasteiger charge is 2.53. The Hall–Kier alpha value is -3.41. The maximum Gasteiger partial charge on any atom is 0.376 e. The van der Waals surface area contributed by atoms with E-state index in [2.05, 4.69) is 0 Å². The molecule has 0 aromatic carbocycles. The van der Waals surface area contributed by atoms with Crippen LogP contribution in [0.3, 0.4) is 0 Å². The molecular formula is C19H22O12. The highest BCUT2D eigenvalue weighted by Crippen LogP contribution is 2.30. The Balaban J connectivity index is 2.41. The van der Waals surface area contributed by atoms with Gasteiger partial charge in [-0.1, -0.05) is 0 Å². The number of furan rings is 1. The molecule has 0 unspecified atom stereocenters. The predicted molar refractivity (Wildman–Crippen MR) is 96.1 cm³/mol. The highest BCUT2D eigenvalue weighted by molar-refractivity contribution is 5.86. The van der Waals surface area contributed by atoms with Gasteiger partial charge in [-0.15, -0.1) is 0 Å². The van der Waals surface area contributed by atoms with E-state index in [0.29, 0.717) is 0 Å². The molecule has 31 heavy (non-hydrogen) atoms. The van der Waals surface area contributed by atoms with Crippen molar-refractivity contribution in [3.63, 3.8) is 0 Å². The van der Waals surface area contributed by atoms with E-state index in [1.807, 2.05) is 0 Å². The molecule has 1 aliphatic heterocycles. The molecule has 0 N–H and O–H groups in total. The standard InChI is InChI=1S/C19H22O12/c1-9(20)26-8-14-15(27-10(2)21)16(28-11(3)22)17(29-12(4)23)19(30-14)31-18(24)13-6-5-7-25-13/h5-7,14-17,19H,8H2,1-4H3/t14-,15+,16+,17+,19+/m1/s1. The van der Waals surface area contributed by atoms with Crippen LogP contribution in [-0.2, 0) is 47.6 Å². The van der Waals surface area contributed by atoms with Crippen LogP contribution in [0, 0.1) is 0 Å². The van der Waals surface area contributed by atoms with Crippen LogP contribution in [0.5, 0.6) is 0 Å². The van der Waals surface area contributed by atoms with E-state index in [1.165, 1.54) is 18.4 Å². The van der Waals surface area contributed by atoms with Gasteiger partial charge in [0, 0.05) is 27.7 Å². The normalized spacial score (nSPS) is 25.1. The van der Waals surface area contributed by atoms with Gasteiger partial charge in [-0.3, -0.25) is 19.2 Å². The first-order valence-electron chi connectivity index (χ1n) is 9.13. The van der Waals surface area contributed by atoms with E-state index in [4.69, 9.17) is 32.8 Å². The van der Waals surface area contributed by atoms with Crippen LogP contribution in [0.15, 0.2) is 22.8 Å². The molecule has 0 saturated carbocycles. The van der Waals surface area contributed by atoms with Gasteiger partial charge in [0.25, 0.3) is 0 Å². The van der Waals surface area contributed by atoms with E-state index in [0.717, 1.165) is 27.7 Å². The first-order valence-corrected chi connectivity index (χ1v) is 9.13. The van der Waals surface area contributed by atoms with Gasteiger partial charge in [-0.25, -0.2) is 4.79 Å². The second kappa shape index (κ2) is 10.6. The number of esters is 5. The predicted octanol–water partition coefficient (Wildman–Crippen LogP) is 0.519. The number of ether oxygens (including phenoxy) is 6. The Morgan fingerprint density at radius 2 is 1.39 bits per heavy atom. The first kappa shape index (κ1) is 23.9. The molecule has 12 nitrogen and oxygen atoms in total. The van der Waals surface area contributed by atoms with Crippen molar-refractivity contribution in [2.75, 3.05) is 6.61 Å². The van der Waals surface area contributed by atoms with Gasteiger partial charge in [-0.05, 0) is 12.1 Å². The summed E-state index contributed by atoms with van der Waals surface area (Å²) in [7, 11) is 0. The topological polar surface area (TPSA) is 154 Å². The molecular weight excluding hydrogens is 420 g/mol. The van der Waals surface area contributed by atoms with Crippen molar-refractivity contribution in [1.82, 2.24) is 0 Å². The first-order chi connectivity index (χ1) is 14.6. The fraction of sp³-hybridized carbons (Fsp3) is 0.526. The lowest BCUT2D eigenvalue weighted by Crippen LogP contribution is -2.63. The smallest absolute Gasteiger partial charge is 0.376 e. The number of hydrogen-bond acceptors (Lipinski definition) is 12. The van der Waals surface area contributed by atoms with Crippen molar-refractivity contribution >= 4 is 29.8 Å². The molecule has 5 atom stereocenters. The highest BCUT2D eigenvalue weighted by atomic mass is 16.7. The summed E-state index contributed by atoms with van der Waals surface area (Å²) < 4.78 is 36.4. The van der Waals surface area contributed by atoms with Crippen LogP contribution < -0.4 is 0 Å². The summed E-state index contributed by atoms with van der Waals surface area (Å²) in [6, 6.07) is 2.78. The summed E-state index contributed by atoms with van der Waals surface area (Å²) in [5.74, 6) is -4.20. The molecule has 2 heterocycles. The molecule has 12 heteroatoms. The van der Waals surface area contributed by atoms with E-state index in [-0.39, 0.29) is 5.76 Å². The zero-order valence-corrected chi connectivity index (χ0v) is 17.2. The van der Waals surface area contributed by atoms with Crippen LogP contribution in [0.25, 0.3) is 0 Å². The summed E-state index contributed by atoms with van der Waals surface area (Å²) in [4.78, 5) is 58.6. The lowest BCUT2D eigenvalue weighted by molar-refractivity contribution is -0.295. The van der Waals surface area contributed by atoms with Crippen LogP contribution >= 0.6 is 0 Å². The van der Waals surface area contributed by atoms with Crippen molar-refractivity contribution in [3.8, 4) is 0 Å². The molecule has 0 bridgehead atoms. The molecule has 170 valence electrons. The van der Waals surface area contributed by atoms with Crippen molar-refractivity contribution in [3.05, 3.63) is 24.2 Å². The Kier molecular flexibility index (Phi) is 8.14. The van der Waals surface area contributed by atoms with Gasteiger partial charge in [0.2, 0.25) is 18.2 Å². The van der Waals surface area contributed by atoms with E-state index < -0.39 is 67.2 Å². The molecule has 1 aliphatic rings. The number of carbonyl (C=O) groups excluding carboxylic acids is 5. The minimum atomic E-state index is -1.61. The van der Waals surface area contributed by atoms with E-state index in [9.17, 15) is 24.0 Å². The van der Waals surface area contributed by atoms with Gasteiger partial charge >= 0.3 is 29.8 Å². The Labute approximate surface area is 176 Å². The van der Waals surface area contributed by atoms with Crippen LogP contribution in [0.4, 0.5) is 0 Å². The summed E-state index contributed by atoms with van der Waals surface area (Å²) in [5, 5.41) is 0. The monoisotopic (exact) mass is 442 g/mol. The second-order valence-electron chi connectivity index (χ2n) is 6.45. The van der Waals surface area contributed by atoms with E-state index >= 15 is 0 Å². The molecule has 1 aromatic heterocycles. The molecule has 2 rings (SSSR count). The molecule has 1 aromatic rings. The van der Waals surface area contributed by atoms with Crippen LogP contribution in [0.1, 0.15) is 38.2 Å². The Morgan fingerprint density at radius 1 is 0.806 bits per heavy atom. The third-order valence-electron chi connectivity index (χ3n) is 3.89. The average Bonchev–Trinajstić information content (AvgIpc) is 3.18. The van der Waals surface area contributed by atoms with Gasteiger partial charge in [0.05, 0.1) is 6.26 Å². The maximum absolute atomic E-state index is 12.4. The van der Waals surface area contributed by atoms with Crippen LogP contribution in [-0.4, -0.2) is 67.2 Å². The minimum Gasteiger partial charge on any atom is -0.463 e. The molecule has 0 amide bonds. The maximum atomic E-state index is 12.4. The Morgan fingerprint density at radius 3 is 1.90 bits per heavy atom. The average molecular weight is 442 g/mol. The minimum absolute atomic E-state index is 0.173. The summed E-state index contributed by atoms with van der Waals surface area (Å²) in [6.07, 6.45) is -5.88. The Bertz CT molecular complexity index is 814. The zero-order valence-electron chi connectivity index (χ0n) is 17.2. The van der Waals surface area contributed by atoms with Crippen molar-refractivity contribution in [1.29, 1.82) is 0 Å². The van der Waals surface area contributed by atoms with Crippen molar-refractivity contribution in [2.24, 2.45) is 0 Å². The molecule has 1 fully saturated rings. The second-order valence-corrected chi connectivity index (χ2v) is 6.45. The number of carbonyl (C=O) groups is 5. The van der Waals surface area contributed by atoms with Crippen molar-refractivity contribution < 1.29 is 56.8 Å². The largest absolute Gasteiger partial charge is 0.463 e. The number of hydrogen-bond donors (Lipinski definition) is 0. The van der Waals surface area contributed by atoms with Crippen LogP contribution in [0.2, 0.25) is 0 Å². The van der Waals surface area contributed by atoms with Gasteiger partial charge in [0.1, 0.15) is 12.7 Å². The number of rotatable bonds is 7.